The minimum absolute atomic E-state index is 0.115. The second kappa shape index (κ2) is 7.06. The van der Waals surface area contributed by atoms with Gasteiger partial charge in [-0.1, -0.05) is 46.3 Å². The average Bonchev–Trinajstić information content (AvgIpc) is 2.45. The lowest BCUT2D eigenvalue weighted by Gasteiger charge is -2.36. The molecule has 104 valence electrons. The SMILES string of the molecule is CC1CN(C(=O)CCc2ccccc2)CC(CBr)O1. The number of ether oxygens (including phenoxy) is 1. The van der Waals surface area contributed by atoms with E-state index in [4.69, 9.17) is 4.74 Å². The van der Waals surface area contributed by atoms with Crippen LogP contribution in [-0.4, -0.2) is 41.4 Å². The van der Waals surface area contributed by atoms with Crippen LogP contribution in [0.5, 0.6) is 0 Å². The first-order chi connectivity index (χ1) is 9.19. The molecule has 2 rings (SSSR count). The number of carbonyl (C=O) groups excluding carboxylic acids is 1. The van der Waals surface area contributed by atoms with E-state index in [0.29, 0.717) is 19.5 Å². The Labute approximate surface area is 123 Å². The molecule has 1 amide bonds. The van der Waals surface area contributed by atoms with Crippen LogP contribution in [0.1, 0.15) is 18.9 Å². The number of hydrogen-bond donors (Lipinski definition) is 0. The number of halogens is 1. The molecule has 0 radical (unpaired) electrons. The third-order valence-corrected chi connectivity index (χ3v) is 4.04. The van der Waals surface area contributed by atoms with Crippen molar-refractivity contribution in [2.24, 2.45) is 0 Å². The van der Waals surface area contributed by atoms with Crippen LogP contribution in [0, 0.1) is 0 Å². The Hall–Kier alpha value is -0.870. The van der Waals surface area contributed by atoms with Crippen LogP contribution in [0.15, 0.2) is 30.3 Å². The number of carbonyl (C=O) groups is 1. The molecule has 1 aliphatic heterocycles. The molecule has 19 heavy (non-hydrogen) atoms. The van der Waals surface area contributed by atoms with Crippen molar-refractivity contribution in [2.45, 2.75) is 32.0 Å². The molecule has 1 fully saturated rings. The molecule has 2 atom stereocenters. The van der Waals surface area contributed by atoms with E-state index < -0.39 is 0 Å². The van der Waals surface area contributed by atoms with Crippen molar-refractivity contribution in [1.29, 1.82) is 0 Å². The molecule has 0 aromatic heterocycles. The highest BCUT2D eigenvalue weighted by Crippen LogP contribution is 2.14. The number of amides is 1. The third kappa shape index (κ3) is 4.32. The van der Waals surface area contributed by atoms with Crippen LogP contribution in [0.25, 0.3) is 0 Å². The van der Waals surface area contributed by atoms with Gasteiger partial charge in [-0.25, -0.2) is 0 Å². The molecule has 0 spiro atoms. The van der Waals surface area contributed by atoms with Gasteiger partial charge in [0.1, 0.15) is 0 Å². The summed E-state index contributed by atoms with van der Waals surface area (Å²) in [5, 5.41) is 0.778. The van der Waals surface area contributed by atoms with Gasteiger partial charge in [-0.05, 0) is 18.9 Å². The Morgan fingerprint density at radius 3 is 2.79 bits per heavy atom. The van der Waals surface area contributed by atoms with E-state index in [1.807, 2.05) is 30.0 Å². The van der Waals surface area contributed by atoms with E-state index in [-0.39, 0.29) is 18.1 Å². The van der Waals surface area contributed by atoms with Gasteiger partial charge in [0.2, 0.25) is 5.91 Å². The molecule has 0 bridgehead atoms. The zero-order valence-corrected chi connectivity index (χ0v) is 12.8. The molecule has 2 unspecified atom stereocenters. The van der Waals surface area contributed by atoms with Crippen LogP contribution in [-0.2, 0) is 16.0 Å². The molecular formula is C15H20BrNO2. The van der Waals surface area contributed by atoms with Crippen LogP contribution >= 0.6 is 15.9 Å². The van der Waals surface area contributed by atoms with Crippen molar-refractivity contribution < 1.29 is 9.53 Å². The molecule has 1 heterocycles. The normalized spacial score (nSPS) is 23.4. The summed E-state index contributed by atoms with van der Waals surface area (Å²) < 4.78 is 5.74. The average molecular weight is 326 g/mol. The van der Waals surface area contributed by atoms with Crippen molar-refractivity contribution in [3.63, 3.8) is 0 Å². The van der Waals surface area contributed by atoms with Gasteiger partial charge in [0.15, 0.2) is 0 Å². The Kier molecular flexibility index (Phi) is 5.40. The molecule has 0 aliphatic carbocycles. The highest BCUT2D eigenvalue weighted by Gasteiger charge is 2.27. The van der Waals surface area contributed by atoms with Crippen molar-refractivity contribution >= 4 is 21.8 Å². The maximum atomic E-state index is 12.2. The van der Waals surface area contributed by atoms with Gasteiger partial charge in [0, 0.05) is 24.8 Å². The standard InChI is InChI=1S/C15H20BrNO2/c1-12-10-17(11-14(9-16)19-12)15(18)8-7-13-5-3-2-4-6-13/h2-6,12,14H,7-11H2,1H3. The van der Waals surface area contributed by atoms with Crippen molar-refractivity contribution in [3.8, 4) is 0 Å². The Balaban J connectivity index is 1.85. The molecule has 1 saturated heterocycles. The molecular weight excluding hydrogens is 306 g/mol. The first kappa shape index (κ1) is 14.5. The molecule has 0 saturated carbocycles. The van der Waals surface area contributed by atoms with Gasteiger partial charge in [0.05, 0.1) is 12.2 Å². The summed E-state index contributed by atoms with van der Waals surface area (Å²) >= 11 is 3.43. The largest absolute Gasteiger partial charge is 0.371 e. The van der Waals surface area contributed by atoms with Gasteiger partial charge < -0.3 is 9.64 Å². The quantitative estimate of drug-likeness (QED) is 0.796. The fraction of sp³-hybridized carbons (Fsp3) is 0.533. The van der Waals surface area contributed by atoms with E-state index in [1.165, 1.54) is 5.56 Å². The topological polar surface area (TPSA) is 29.5 Å². The summed E-state index contributed by atoms with van der Waals surface area (Å²) in [6.07, 6.45) is 1.62. The number of morpholine rings is 1. The Bertz CT molecular complexity index is 410. The van der Waals surface area contributed by atoms with E-state index in [9.17, 15) is 4.79 Å². The monoisotopic (exact) mass is 325 g/mol. The van der Waals surface area contributed by atoms with Gasteiger partial charge in [0.25, 0.3) is 0 Å². The molecule has 4 heteroatoms. The second-order valence-corrected chi connectivity index (χ2v) is 5.65. The number of hydrogen-bond acceptors (Lipinski definition) is 2. The minimum Gasteiger partial charge on any atom is -0.371 e. The predicted molar refractivity (Wildman–Crippen MR) is 79.5 cm³/mol. The highest BCUT2D eigenvalue weighted by atomic mass is 79.9. The van der Waals surface area contributed by atoms with Crippen molar-refractivity contribution in [3.05, 3.63) is 35.9 Å². The lowest BCUT2D eigenvalue weighted by molar-refractivity contribution is -0.142. The zero-order valence-electron chi connectivity index (χ0n) is 11.2. The van der Waals surface area contributed by atoms with Gasteiger partial charge in [-0.15, -0.1) is 0 Å². The van der Waals surface area contributed by atoms with Crippen molar-refractivity contribution in [2.75, 3.05) is 18.4 Å². The first-order valence-corrected chi connectivity index (χ1v) is 7.84. The number of alkyl halides is 1. The Morgan fingerprint density at radius 2 is 2.11 bits per heavy atom. The summed E-state index contributed by atoms with van der Waals surface area (Å²) in [7, 11) is 0. The first-order valence-electron chi connectivity index (χ1n) is 6.72. The Morgan fingerprint density at radius 1 is 1.37 bits per heavy atom. The fourth-order valence-corrected chi connectivity index (χ4v) is 2.75. The summed E-state index contributed by atoms with van der Waals surface area (Å²) in [5.41, 5.74) is 1.22. The van der Waals surface area contributed by atoms with Crippen LogP contribution in [0.3, 0.4) is 0 Å². The summed E-state index contributed by atoms with van der Waals surface area (Å²) in [6, 6.07) is 10.2. The van der Waals surface area contributed by atoms with Crippen molar-refractivity contribution in [1.82, 2.24) is 4.90 Å². The third-order valence-electron chi connectivity index (χ3n) is 3.32. The molecule has 3 nitrogen and oxygen atoms in total. The highest BCUT2D eigenvalue weighted by molar-refractivity contribution is 9.09. The number of nitrogens with zero attached hydrogens (tertiary/aromatic N) is 1. The zero-order chi connectivity index (χ0) is 13.7. The fourth-order valence-electron chi connectivity index (χ4n) is 2.39. The molecule has 0 N–H and O–H groups in total. The molecule has 1 aromatic rings. The summed E-state index contributed by atoms with van der Waals surface area (Å²) in [5.74, 6) is 0.227. The molecule has 1 aliphatic rings. The maximum Gasteiger partial charge on any atom is 0.223 e. The second-order valence-electron chi connectivity index (χ2n) is 5.01. The van der Waals surface area contributed by atoms with Crippen LogP contribution in [0.4, 0.5) is 0 Å². The van der Waals surface area contributed by atoms with E-state index >= 15 is 0 Å². The summed E-state index contributed by atoms with van der Waals surface area (Å²) in [6.45, 7) is 3.42. The maximum absolute atomic E-state index is 12.2. The lowest BCUT2D eigenvalue weighted by Crippen LogP contribution is -2.49. The van der Waals surface area contributed by atoms with E-state index in [2.05, 4.69) is 28.1 Å². The number of benzene rings is 1. The summed E-state index contributed by atoms with van der Waals surface area (Å²) in [4.78, 5) is 14.2. The van der Waals surface area contributed by atoms with Gasteiger partial charge in [-0.3, -0.25) is 4.79 Å². The smallest absolute Gasteiger partial charge is 0.223 e. The van der Waals surface area contributed by atoms with E-state index in [0.717, 1.165) is 11.8 Å². The van der Waals surface area contributed by atoms with Crippen LogP contribution in [0.2, 0.25) is 0 Å². The molecule has 1 aromatic carbocycles. The van der Waals surface area contributed by atoms with Gasteiger partial charge >= 0.3 is 0 Å². The lowest BCUT2D eigenvalue weighted by atomic mass is 10.1. The van der Waals surface area contributed by atoms with E-state index in [1.54, 1.807) is 0 Å². The predicted octanol–water partition coefficient (Wildman–Crippen LogP) is 2.63. The van der Waals surface area contributed by atoms with Crippen LogP contribution < -0.4 is 0 Å². The number of rotatable bonds is 4. The van der Waals surface area contributed by atoms with Gasteiger partial charge in [-0.2, -0.15) is 0 Å². The minimum atomic E-state index is 0.115. The number of aryl methyl sites for hydroxylation is 1.